The monoisotopic (exact) mass is 395 g/mol. The molecule has 3 heterocycles. The summed E-state index contributed by atoms with van der Waals surface area (Å²) >= 11 is 1.49. The number of anilines is 1. The summed E-state index contributed by atoms with van der Waals surface area (Å²) in [5.41, 5.74) is 2.73. The van der Waals surface area contributed by atoms with Gasteiger partial charge in [0.15, 0.2) is 5.13 Å². The van der Waals surface area contributed by atoms with Crippen molar-refractivity contribution in [2.24, 2.45) is 5.92 Å². The number of hydrogen-bond acceptors (Lipinski definition) is 5. The maximum atomic E-state index is 12.6. The number of carbonyl (C=O) groups excluding carboxylic acids is 1. The van der Waals surface area contributed by atoms with Gasteiger partial charge >= 0.3 is 0 Å². The van der Waals surface area contributed by atoms with Crippen LogP contribution in [0.2, 0.25) is 0 Å². The van der Waals surface area contributed by atoms with Gasteiger partial charge in [-0.2, -0.15) is 0 Å². The van der Waals surface area contributed by atoms with E-state index in [1.54, 1.807) is 12.5 Å². The zero-order chi connectivity index (χ0) is 19.3. The maximum absolute atomic E-state index is 12.6. The van der Waals surface area contributed by atoms with E-state index in [4.69, 9.17) is 0 Å². The summed E-state index contributed by atoms with van der Waals surface area (Å²) < 4.78 is 1.98. The number of imidazole rings is 1. The lowest BCUT2D eigenvalue weighted by molar-refractivity contribution is 0.102. The first-order chi connectivity index (χ1) is 13.7. The van der Waals surface area contributed by atoms with Gasteiger partial charge in [0.05, 0.1) is 12.0 Å². The molecule has 1 unspecified atom stereocenters. The molecule has 1 saturated heterocycles. The third kappa shape index (κ3) is 4.85. The Balaban J connectivity index is 1.36. The lowest BCUT2D eigenvalue weighted by Crippen LogP contribution is -2.33. The first-order valence-corrected chi connectivity index (χ1v) is 10.6. The highest BCUT2D eigenvalue weighted by molar-refractivity contribution is 7.13. The van der Waals surface area contributed by atoms with E-state index in [2.05, 4.69) is 27.1 Å². The summed E-state index contributed by atoms with van der Waals surface area (Å²) in [6, 6.07) is 7.67. The second-order valence-corrected chi connectivity index (χ2v) is 8.37. The van der Waals surface area contributed by atoms with Crippen molar-refractivity contribution < 1.29 is 4.79 Å². The average molecular weight is 396 g/mol. The van der Waals surface area contributed by atoms with Crippen LogP contribution in [0, 0.1) is 5.92 Å². The molecule has 1 N–H and O–H groups in total. The maximum Gasteiger partial charge on any atom is 0.257 e. The van der Waals surface area contributed by atoms with Crippen molar-refractivity contribution in [2.75, 3.05) is 18.4 Å². The van der Waals surface area contributed by atoms with Crippen LogP contribution in [0.5, 0.6) is 0 Å². The Bertz CT molecular complexity index is 921. The number of aromatic nitrogens is 3. The summed E-state index contributed by atoms with van der Waals surface area (Å²) in [6.07, 6.45) is 8.00. The quantitative estimate of drug-likeness (QED) is 0.688. The van der Waals surface area contributed by atoms with Crippen LogP contribution in [0.25, 0.3) is 0 Å². The minimum Gasteiger partial charge on any atom is -0.333 e. The Hall–Kier alpha value is -2.51. The molecule has 1 amide bonds. The Labute approximate surface area is 169 Å². The smallest absolute Gasteiger partial charge is 0.257 e. The number of likely N-dealkylation sites (tertiary alicyclic amines) is 1. The Morgan fingerprint density at radius 2 is 2.29 bits per heavy atom. The number of piperidine rings is 1. The SMILES string of the molecule is CC1CCCN(Cc2csc(NC(=O)c3cccc(Cn4ccnc4)c3)n2)C1. The molecule has 0 aliphatic carbocycles. The van der Waals surface area contributed by atoms with Crippen LogP contribution in [-0.4, -0.2) is 38.4 Å². The lowest BCUT2D eigenvalue weighted by atomic mass is 10.0. The fraction of sp³-hybridized carbons (Fsp3) is 0.381. The Morgan fingerprint density at radius 3 is 3.11 bits per heavy atom. The van der Waals surface area contributed by atoms with Crippen molar-refractivity contribution in [3.05, 3.63) is 65.2 Å². The van der Waals surface area contributed by atoms with Crippen molar-refractivity contribution in [1.82, 2.24) is 19.4 Å². The number of nitrogens with zero attached hydrogens (tertiary/aromatic N) is 4. The van der Waals surface area contributed by atoms with E-state index in [1.165, 1.54) is 24.2 Å². The highest BCUT2D eigenvalue weighted by Crippen LogP contribution is 2.21. The number of hydrogen-bond donors (Lipinski definition) is 1. The molecule has 2 aromatic heterocycles. The second-order valence-electron chi connectivity index (χ2n) is 7.52. The highest BCUT2D eigenvalue weighted by atomic mass is 32.1. The van der Waals surface area contributed by atoms with Crippen molar-refractivity contribution in [1.29, 1.82) is 0 Å². The van der Waals surface area contributed by atoms with E-state index in [0.29, 0.717) is 17.2 Å². The minimum absolute atomic E-state index is 0.125. The van der Waals surface area contributed by atoms with E-state index in [-0.39, 0.29) is 5.91 Å². The zero-order valence-corrected chi connectivity index (χ0v) is 16.9. The van der Waals surface area contributed by atoms with Gasteiger partial charge < -0.3 is 4.57 Å². The van der Waals surface area contributed by atoms with E-state index in [1.807, 2.05) is 40.4 Å². The van der Waals surface area contributed by atoms with Crippen molar-refractivity contribution in [2.45, 2.75) is 32.9 Å². The minimum atomic E-state index is -0.125. The number of rotatable bonds is 6. The van der Waals surface area contributed by atoms with Crippen molar-refractivity contribution in [3.8, 4) is 0 Å². The van der Waals surface area contributed by atoms with Crippen LogP contribution in [-0.2, 0) is 13.1 Å². The predicted molar refractivity (Wildman–Crippen MR) is 112 cm³/mol. The number of amides is 1. The van der Waals surface area contributed by atoms with Crippen LogP contribution in [0.15, 0.2) is 48.4 Å². The van der Waals surface area contributed by atoms with Crippen LogP contribution >= 0.6 is 11.3 Å². The fourth-order valence-corrected chi connectivity index (χ4v) is 4.36. The topological polar surface area (TPSA) is 63.1 Å². The van der Waals surface area contributed by atoms with Gasteiger partial charge in [0, 0.05) is 43.0 Å². The number of carbonyl (C=O) groups is 1. The van der Waals surface area contributed by atoms with Gasteiger partial charge in [-0.3, -0.25) is 15.0 Å². The third-order valence-corrected chi connectivity index (χ3v) is 5.82. The molecule has 3 aromatic rings. The lowest BCUT2D eigenvalue weighted by Gasteiger charge is -2.30. The molecule has 1 fully saturated rings. The van der Waals surface area contributed by atoms with Gasteiger partial charge in [-0.05, 0) is 43.0 Å². The largest absolute Gasteiger partial charge is 0.333 e. The number of nitrogens with one attached hydrogen (secondary N) is 1. The zero-order valence-electron chi connectivity index (χ0n) is 16.0. The second kappa shape index (κ2) is 8.67. The standard InChI is InChI=1S/C21H25N5OS/c1-16-4-3-8-25(11-16)13-19-14-28-21(23-19)24-20(27)18-6-2-5-17(10-18)12-26-9-7-22-15-26/h2,5-7,9-10,14-16H,3-4,8,11-13H2,1H3,(H,23,24,27). The van der Waals surface area contributed by atoms with Crippen molar-refractivity contribution >= 4 is 22.4 Å². The molecule has 1 aliphatic rings. The average Bonchev–Trinajstić information content (AvgIpc) is 3.34. The normalized spacial score (nSPS) is 17.5. The summed E-state index contributed by atoms with van der Waals surface area (Å²) in [4.78, 5) is 23.8. The van der Waals surface area contributed by atoms with Crippen LogP contribution in [0.4, 0.5) is 5.13 Å². The fourth-order valence-electron chi connectivity index (χ4n) is 3.67. The molecule has 0 saturated carbocycles. The first kappa shape index (κ1) is 18.8. The van der Waals surface area contributed by atoms with Gasteiger partial charge in [-0.1, -0.05) is 19.1 Å². The predicted octanol–water partition coefficient (Wildman–Crippen LogP) is 3.87. The molecular formula is C21H25N5OS. The molecule has 0 bridgehead atoms. The first-order valence-electron chi connectivity index (χ1n) is 9.68. The number of benzene rings is 1. The molecular weight excluding hydrogens is 370 g/mol. The molecule has 0 spiro atoms. The Morgan fingerprint density at radius 1 is 1.36 bits per heavy atom. The molecule has 1 atom stereocenters. The number of thiazole rings is 1. The molecule has 6 nitrogen and oxygen atoms in total. The summed E-state index contributed by atoms with van der Waals surface area (Å²) in [5, 5.41) is 5.64. The third-order valence-electron chi connectivity index (χ3n) is 5.01. The van der Waals surface area contributed by atoms with Gasteiger partial charge in [-0.15, -0.1) is 11.3 Å². The van der Waals surface area contributed by atoms with Gasteiger partial charge in [0.1, 0.15) is 0 Å². The van der Waals surface area contributed by atoms with E-state index in [0.717, 1.165) is 36.8 Å². The summed E-state index contributed by atoms with van der Waals surface area (Å²) in [6.45, 7) is 6.11. The van der Waals surface area contributed by atoms with Crippen LogP contribution in [0.3, 0.4) is 0 Å². The molecule has 28 heavy (non-hydrogen) atoms. The molecule has 4 rings (SSSR count). The molecule has 1 aromatic carbocycles. The van der Waals surface area contributed by atoms with Gasteiger partial charge in [0.2, 0.25) is 0 Å². The van der Waals surface area contributed by atoms with Gasteiger partial charge in [0.25, 0.3) is 5.91 Å². The molecule has 146 valence electrons. The summed E-state index contributed by atoms with van der Waals surface area (Å²) in [7, 11) is 0. The molecule has 7 heteroatoms. The van der Waals surface area contributed by atoms with Gasteiger partial charge in [-0.25, -0.2) is 9.97 Å². The van der Waals surface area contributed by atoms with Crippen LogP contribution < -0.4 is 5.32 Å². The summed E-state index contributed by atoms with van der Waals surface area (Å²) in [5.74, 6) is 0.626. The molecule has 0 radical (unpaired) electrons. The highest BCUT2D eigenvalue weighted by Gasteiger charge is 2.17. The van der Waals surface area contributed by atoms with Crippen LogP contribution in [0.1, 0.15) is 41.4 Å². The van der Waals surface area contributed by atoms with E-state index >= 15 is 0 Å². The van der Waals surface area contributed by atoms with E-state index in [9.17, 15) is 4.79 Å². The molecule has 1 aliphatic heterocycles. The van der Waals surface area contributed by atoms with E-state index < -0.39 is 0 Å². The Kier molecular flexibility index (Phi) is 5.83. The van der Waals surface area contributed by atoms with Crippen molar-refractivity contribution in [3.63, 3.8) is 0 Å².